The number of rotatable bonds is 5. The molecule has 1 unspecified atom stereocenters. The van der Waals surface area contributed by atoms with E-state index in [-0.39, 0.29) is 6.61 Å². The van der Waals surface area contributed by atoms with E-state index < -0.39 is 6.10 Å². The van der Waals surface area contributed by atoms with Crippen molar-refractivity contribution in [1.82, 2.24) is 0 Å². The Kier molecular flexibility index (Phi) is 4.97. The fraction of sp³-hybridized carbons (Fsp3) is 0.462. The summed E-state index contributed by atoms with van der Waals surface area (Å²) in [4.78, 5) is 0. The molecule has 0 aliphatic rings. The topological polar surface area (TPSA) is 53.2 Å². The molecule has 1 aromatic carbocycles. The highest BCUT2D eigenvalue weighted by Crippen LogP contribution is 2.19. The minimum atomic E-state index is -0.536. The lowest BCUT2D eigenvalue weighted by molar-refractivity contribution is 0.0773. The molecular formula is C13H17NO2. The van der Waals surface area contributed by atoms with Crippen LogP contribution in [0.4, 0.5) is 0 Å². The van der Waals surface area contributed by atoms with Crippen molar-refractivity contribution in [2.45, 2.75) is 26.4 Å². The van der Waals surface area contributed by atoms with Gasteiger partial charge in [-0.25, -0.2) is 0 Å². The van der Waals surface area contributed by atoms with Crippen molar-refractivity contribution in [2.75, 3.05) is 13.2 Å². The van der Waals surface area contributed by atoms with Gasteiger partial charge in [-0.3, -0.25) is 0 Å². The molecule has 0 aliphatic heterocycles. The van der Waals surface area contributed by atoms with Crippen LogP contribution in [0, 0.1) is 25.2 Å². The normalized spacial score (nSPS) is 12.1. The van der Waals surface area contributed by atoms with Crippen LogP contribution >= 0.6 is 0 Å². The SMILES string of the molecule is Cc1ccc(C(C#N)OCCCO)cc1C. The van der Waals surface area contributed by atoms with Crippen molar-refractivity contribution in [3.8, 4) is 6.07 Å². The van der Waals surface area contributed by atoms with Crippen LogP contribution in [0.25, 0.3) is 0 Å². The Balaban J connectivity index is 2.72. The van der Waals surface area contributed by atoms with Crippen LogP contribution in [-0.4, -0.2) is 18.3 Å². The van der Waals surface area contributed by atoms with Crippen LogP contribution < -0.4 is 0 Å². The average molecular weight is 219 g/mol. The number of nitriles is 1. The molecule has 3 heteroatoms. The van der Waals surface area contributed by atoms with Gasteiger partial charge < -0.3 is 9.84 Å². The second-order valence-corrected chi connectivity index (χ2v) is 3.80. The Morgan fingerprint density at radius 1 is 1.38 bits per heavy atom. The molecule has 1 N–H and O–H groups in total. The molecule has 0 saturated heterocycles. The van der Waals surface area contributed by atoms with E-state index >= 15 is 0 Å². The molecule has 0 heterocycles. The van der Waals surface area contributed by atoms with Gasteiger partial charge in [0.05, 0.1) is 12.7 Å². The van der Waals surface area contributed by atoms with Crippen LogP contribution in [0.5, 0.6) is 0 Å². The van der Waals surface area contributed by atoms with Crippen LogP contribution in [-0.2, 0) is 4.74 Å². The van der Waals surface area contributed by atoms with Gasteiger partial charge in [0.1, 0.15) is 0 Å². The number of hydrogen-bond donors (Lipinski definition) is 1. The van der Waals surface area contributed by atoms with Gasteiger partial charge in [-0.05, 0) is 37.0 Å². The molecule has 1 rings (SSSR count). The van der Waals surface area contributed by atoms with Gasteiger partial charge in [0.2, 0.25) is 0 Å². The zero-order valence-electron chi connectivity index (χ0n) is 9.73. The van der Waals surface area contributed by atoms with Crippen molar-refractivity contribution < 1.29 is 9.84 Å². The molecule has 16 heavy (non-hydrogen) atoms. The second-order valence-electron chi connectivity index (χ2n) is 3.80. The molecule has 0 amide bonds. The Labute approximate surface area is 96.3 Å². The predicted molar refractivity (Wildman–Crippen MR) is 61.9 cm³/mol. The first-order valence-electron chi connectivity index (χ1n) is 5.38. The monoisotopic (exact) mass is 219 g/mol. The van der Waals surface area contributed by atoms with Gasteiger partial charge in [0.15, 0.2) is 6.10 Å². The van der Waals surface area contributed by atoms with E-state index in [4.69, 9.17) is 15.1 Å². The van der Waals surface area contributed by atoms with Crippen molar-refractivity contribution in [2.24, 2.45) is 0 Å². The van der Waals surface area contributed by atoms with Gasteiger partial charge in [-0.15, -0.1) is 0 Å². The van der Waals surface area contributed by atoms with Gasteiger partial charge in [0.25, 0.3) is 0 Å². The third-order valence-corrected chi connectivity index (χ3v) is 2.54. The zero-order valence-corrected chi connectivity index (χ0v) is 9.73. The van der Waals surface area contributed by atoms with Crippen LogP contribution in [0.15, 0.2) is 18.2 Å². The van der Waals surface area contributed by atoms with Crippen molar-refractivity contribution in [3.05, 3.63) is 34.9 Å². The highest BCUT2D eigenvalue weighted by molar-refractivity contribution is 5.33. The summed E-state index contributed by atoms with van der Waals surface area (Å²) in [5, 5.41) is 17.6. The van der Waals surface area contributed by atoms with E-state index in [9.17, 15) is 0 Å². The van der Waals surface area contributed by atoms with E-state index in [1.165, 1.54) is 5.56 Å². The van der Waals surface area contributed by atoms with Gasteiger partial charge in [0, 0.05) is 6.61 Å². The molecule has 3 nitrogen and oxygen atoms in total. The molecule has 0 radical (unpaired) electrons. The maximum Gasteiger partial charge on any atom is 0.169 e. The number of aliphatic hydroxyl groups excluding tert-OH is 1. The summed E-state index contributed by atoms with van der Waals surface area (Å²) in [6.07, 6.45) is 0.0223. The largest absolute Gasteiger partial charge is 0.396 e. The summed E-state index contributed by atoms with van der Waals surface area (Å²) in [6, 6.07) is 8.00. The predicted octanol–water partition coefficient (Wildman–Crippen LogP) is 2.27. The number of aryl methyl sites for hydroxylation is 2. The molecule has 0 aliphatic carbocycles. The van der Waals surface area contributed by atoms with Gasteiger partial charge in [-0.1, -0.05) is 18.2 Å². The molecule has 0 bridgehead atoms. The fourth-order valence-electron chi connectivity index (χ4n) is 1.40. The number of nitrogens with zero attached hydrogens (tertiary/aromatic N) is 1. The summed E-state index contributed by atoms with van der Waals surface area (Å²) < 4.78 is 5.39. The lowest BCUT2D eigenvalue weighted by atomic mass is 10.0. The Hall–Kier alpha value is -1.37. The first-order valence-corrected chi connectivity index (χ1v) is 5.38. The summed E-state index contributed by atoms with van der Waals surface area (Å²) in [5.74, 6) is 0. The molecular weight excluding hydrogens is 202 g/mol. The summed E-state index contributed by atoms with van der Waals surface area (Å²) in [7, 11) is 0. The van der Waals surface area contributed by atoms with Crippen molar-refractivity contribution >= 4 is 0 Å². The van der Waals surface area contributed by atoms with E-state index in [2.05, 4.69) is 6.07 Å². The average Bonchev–Trinajstić information content (AvgIpc) is 2.29. The molecule has 0 aromatic heterocycles. The lowest BCUT2D eigenvalue weighted by Gasteiger charge is -2.12. The lowest BCUT2D eigenvalue weighted by Crippen LogP contribution is -2.05. The molecule has 0 saturated carbocycles. The molecule has 0 fully saturated rings. The highest BCUT2D eigenvalue weighted by atomic mass is 16.5. The minimum Gasteiger partial charge on any atom is -0.396 e. The minimum absolute atomic E-state index is 0.0884. The number of benzene rings is 1. The third kappa shape index (κ3) is 3.34. The Morgan fingerprint density at radius 2 is 2.12 bits per heavy atom. The highest BCUT2D eigenvalue weighted by Gasteiger charge is 2.11. The standard InChI is InChI=1S/C13H17NO2/c1-10-4-5-12(8-11(10)2)13(9-14)16-7-3-6-15/h4-5,8,13,15H,3,6-7H2,1-2H3. The molecule has 86 valence electrons. The van der Waals surface area contributed by atoms with E-state index in [0.29, 0.717) is 13.0 Å². The van der Waals surface area contributed by atoms with Crippen molar-refractivity contribution in [3.63, 3.8) is 0 Å². The maximum absolute atomic E-state index is 9.00. The fourth-order valence-corrected chi connectivity index (χ4v) is 1.40. The third-order valence-electron chi connectivity index (χ3n) is 2.54. The first-order chi connectivity index (χ1) is 7.69. The maximum atomic E-state index is 9.00. The summed E-state index contributed by atoms with van der Waals surface area (Å²) >= 11 is 0. The van der Waals surface area contributed by atoms with Crippen molar-refractivity contribution in [1.29, 1.82) is 5.26 Å². The number of ether oxygens (including phenoxy) is 1. The molecule has 1 aromatic rings. The van der Waals surface area contributed by atoms with E-state index in [1.807, 2.05) is 32.0 Å². The van der Waals surface area contributed by atoms with Gasteiger partial charge in [-0.2, -0.15) is 5.26 Å². The second kappa shape index (κ2) is 6.26. The zero-order chi connectivity index (χ0) is 12.0. The van der Waals surface area contributed by atoms with E-state index in [1.54, 1.807) is 0 Å². The van der Waals surface area contributed by atoms with Crippen LogP contribution in [0.3, 0.4) is 0 Å². The van der Waals surface area contributed by atoms with Crippen LogP contribution in [0.2, 0.25) is 0 Å². The van der Waals surface area contributed by atoms with Crippen LogP contribution in [0.1, 0.15) is 29.2 Å². The smallest absolute Gasteiger partial charge is 0.169 e. The molecule has 0 spiro atoms. The quantitative estimate of drug-likeness (QED) is 0.773. The summed E-state index contributed by atoms with van der Waals surface area (Å²) in [5.41, 5.74) is 3.24. The summed E-state index contributed by atoms with van der Waals surface area (Å²) in [6.45, 7) is 4.54. The Morgan fingerprint density at radius 3 is 2.69 bits per heavy atom. The Bertz CT molecular complexity index is 382. The van der Waals surface area contributed by atoms with E-state index in [0.717, 1.165) is 11.1 Å². The van der Waals surface area contributed by atoms with Gasteiger partial charge >= 0.3 is 0 Å². The number of aliphatic hydroxyl groups is 1. The number of hydrogen-bond acceptors (Lipinski definition) is 3. The molecule has 1 atom stereocenters. The first kappa shape index (κ1) is 12.7.